The minimum atomic E-state index is 0. The summed E-state index contributed by atoms with van der Waals surface area (Å²) in [7, 11) is 1.89. The van der Waals surface area contributed by atoms with Gasteiger partial charge in [-0.3, -0.25) is 4.79 Å². The molecule has 1 amide bonds. The van der Waals surface area contributed by atoms with Gasteiger partial charge in [-0.25, -0.2) is 0 Å². The number of ether oxygens (including phenoxy) is 1. The molecule has 2 aliphatic rings. The van der Waals surface area contributed by atoms with Crippen molar-refractivity contribution in [3.8, 4) is 0 Å². The normalized spacial score (nSPS) is 32.9. The van der Waals surface area contributed by atoms with Gasteiger partial charge >= 0.3 is 0 Å². The molecular formula is C9H17ClN2O2. The van der Waals surface area contributed by atoms with E-state index in [1.165, 1.54) is 0 Å². The van der Waals surface area contributed by atoms with Crippen LogP contribution in [0.4, 0.5) is 0 Å². The molecule has 0 aromatic heterocycles. The molecule has 5 heteroatoms. The van der Waals surface area contributed by atoms with Crippen molar-refractivity contribution in [2.45, 2.75) is 12.5 Å². The molecule has 2 heterocycles. The molecule has 2 rings (SSSR count). The van der Waals surface area contributed by atoms with Crippen LogP contribution >= 0.6 is 12.4 Å². The smallest absolute Gasteiger partial charge is 0.248 e. The lowest BCUT2D eigenvalue weighted by molar-refractivity contribution is -0.134. The molecule has 0 aromatic rings. The number of amides is 1. The van der Waals surface area contributed by atoms with Crippen molar-refractivity contribution in [1.82, 2.24) is 10.2 Å². The van der Waals surface area contributed by atoms with Gasteiger partial charge in [0.2, 0.25) is 5.91 Å². The number of fused-ring (bicyclic) bond motifs is 1. The topological polar surface area (TPSA) is 41.6 Å². The average molecular weight is 221 g/mol. The fourth-order valence-electron chi connectivity index (χ4n) is 2.17. The van der Waals surface area contributed by atoms with Crippen molar-refractivity contribution >= 4 is 18.3 Å². The van der Waals surface area contributed by atoms with Crippen LogP contribution in [-0.2, 0) is 9.53 Å². The molecule has 0 aliphatic carbocycles. The van der Waals surface area contributed by atoms with Crippen molar-refractivity contribution < 1.29 is 9.53 Å². The van der Waals surface area contributed by atoms with Crippen molar-refractivity contribution in [1.29, 1.82) is 0 Å². The number of likely N-dealkylation sites (N-methyl/N-ethyl adjacent to an activating group) is 1. The quantitative estimate of drug-likeness (QED) is 0.619. The lowest BCUT2D eigenvalue weighted by atomic mass is 9.93. The molecule has 2 unspecified atom stereocenters. The molecule has 14 heavy (non-hydrogen) atoms. The zero-order chi connectivity index (χ0) is 9.26. The molecule has 4 nitrogen and oxygen atoms in total. The maximum absolute atomic E-state index is 11.4. The predicted octanol–water partition coefficient (Wildman–Crippen LogP) is -0.125. The van der Waals surface area contributed by atoms with Crippen LogP contribution in [0.15, 0.2) is 0 Å². The van der Waals surface area contributed by atoms with E-state index in [0.717, 1.165) is 19.5 Å². The van der Waals surface area contributed by atoms with E-state index in [1.54, 1.807) is 0 Å². The second kappa shape index (κ2) is 4.96. The molecule has 0 aromatic carbocycles. The van der Waals surface area contributed by atoms with Crippen LogP contribution in [0.2, 0.25) is 0 Å². The molecule has 0 saturated carbocycles. The third-order valence-corrected chi connectivity index (χ3v) is 3.02. The first-order valence-corrected chi connectivity index (χ1v) is 4.83. The maximum atomic E-state index is 11.4. The molecule has 2 aliphatic heterocycles. The Labute approximate surface area is 90.4 Å². The van der Waals surface area contributed by atoms with Gasteiger partial charge in [0.15, 0.2) is 0 Å². The van der Waals surface area contributed by atoms with E-state index in [9.17, 15) is 4.79 Å². The number of nitrogens with one attached hydrogen (secondary N) is 1. The molecule has 2 fully saturated rings. The molecule has 82 valence electrons. The summed E-state index contributed by atoms with van der Waals surface area (Å²) in [6, 6.07) is 0.385. The highest BCUT2D eigenvalue weighted by Crippen LogP contribution is 2.20. The van der Waals surface area contributed by atoms with E-state index in [1.807, 2.05) is 11.9 Å². The van der Waals surface area contributed by atoms with Gasteiger partial charge in [-0.1, -0.05) is 0 Å². The highest BCUT2D eigenvalue weighted by Gasteiger charge is 2.33. The standard InChI is InChI=1S/C9H16N2O2.ClH/c1-11-8-2-3-10-4-7(8)5-13-6-9(11)12;/h7-8,10H,2-6H2,1H3;1H. The largest absolute Gasteiger partial charge is 0.371 e. The van der Waals surface area contributed by atoms with E-state index in [2.05, 4.69) is 5.32 Å². The number of nitrogens with zero attached hydrogens (tertiary/aromatic N) is 1. The number of carbonyl (C=O) groups is 1. The number of piperidine rings is 1. The van der Waals surface area contributed by atoms with Gasteiger partial charge in [0.1, 0.15) is 6.61 Å². The van der Waals surface area contributed by atoms with Crippen LogP contribution < -0.4 is 5.32 Å². The summed E-state index contributed by atoms with van der Waals surface area (Å²) in [5.41, 5.74) is 0. The Balaban J connectivity index is 0.000000980. The summed E-state index contributed by atoms with van der Waals surface area (Å²) >= 11 is 0. The zero-order valence-electron chi connectivity index (χ0n) is 8.36. The first-order chi connectivity index (χ1) is 6.29. The van der Waals surface area contributed by atoms with E-state index in [0.29, 0.717) is 18.6 Å². The van der Waals surface area contributed by atoms with Gasteiger partial charge in [0.25, 0.3) is 0 Å². The summed E-state index contributed by atoms with van der Waals surface area (Å²) in [6.45, 7) is 2.96. The summed E-state index contributed by atoms with van der Waals surface area (Å²) in [5, 5.41) is 3.33. The van der Waals surface area contributed by atoms with E-state index in [4.69, 9.17) is 4.74 Å². The van der Waals surface area contributed by atoms with Crippen molar-refractivity contribution in [2.24, 2.45) is 5.92 Å². The molecule has 0 bridgehead atoms. The van der Waals surface area contributed by atoms with Gasteiger partial charge in [-0.05, 0) is 13.0 Å². The second-order valence-electron chi connectivity index (χ2n) is 3.84. The number of hydrogen-bond donors (Lipinski definition) is 1. The summed E-state index contributed by atoms with van der Waals surface area (Å²) in [4.78, 5) is 13.3. The Bertz CT molecular complexity index is 213. The first kappa shape index (κ1) is 11.8. The summed E-state index contributed by atoms with van der Waals surface area (Å²) in [5.74, 6) is 0.597. The second-order valence-corrected chi connectivity index (χ2v) is 3.84. The van der Waals surface area contributed by atoms with Crippen LogP contribution in [0.1, 0.15) is 6.42 Å². The number of carbonyl (C=O) groups excluding carboxylic acids is 1. The monoisotopic (exact) mass is 220 g/mol. The Morgan fingerprint density at radius 1 is 1.57 bits per heavy atom. The molecule has 2 atom stereocenters. The van der Waals surface area contributed by atoms with Gasteiger partial charge in [0.05, 0.1) is 6.61 Å². The summed E-state index contributed by atoms with van der Waals surface area (Å²) < 4.78 is 5.32. The number of halogens is 1. The van der Waals surface area contributed by atoms with Gasteiger partial charge < -0.3 is 15.0 Å². The molecule has 1 N–H and O–H groups in total. The maximum Gasteiger partial charge on any atom is 0.248 e. The fourth-order valence-corrected chi connectivity index (χ4v) is 2.17. The number of hydrogen-bond acceptors (Lipinski definition) is 3. The van der Waals surface area contributed by atoms with Crippen molar-refractivity contribution in [3.05, 3.63) is 0 Å². The predicted molar refractivity (Wildman–Crippen MR) is 55.6 cm³/mol. The number of rotatable bonds is 0. The van der Waals surface area contributed by atoms with Crippen molar-refractivity contribution in [2.75, 3.05) is 33.4 Å². The van der Waals surface area contributed by atoms with Gasteiger partial charge in [0, 0.05) is 25.6 Å². The average Bonchev–Trinajstić information content (AvgIpc) is 2.29. The minimum Gasteiger partial charge on any atom is -0.371 e. The molecule has 2 saturated heterocycles. The third-order valence-electron chi connectivity index (χ3n) is 3.02. The molecule has 0 radical (unpaired) electrons. The van der Waals surface area contributed by atoms with Gasteiger partial charge in [-0.15, -0.1) is 12.4 Å². The fraction of sp³-hybridized carbons (Fsp3) is 0.889. The lowest BCUT2D eigenvalue weighted by Gasteiger charge is -2.35. The Hall–Kier alpha value is -0.320. The van der Waals surface area contributed by atoms with Crippen LogP contribution in [0.3, 0.4) is 0 Å². The Kier molecular flexibility index (Phi) is 4.16. The Morgan fingerprint density at radius 3 is 3.14 bits per heavy atom. The van der Waals surface area contributed by atoms with Crippen LogP contribution in [0.5, 0.6) is 0 Å². The third kappa shape index (κ3) is 2.19. The highest BCUT2D eigenvalue weighted by molar-refractivity contribution is 5.85. The van der Waals surface area contributed by atoms with Crippen LogP contribution in [0, 0.1) is 5.92 Å². The lowest BCUT2D eigenvalue weighted by Crippen LogP contribution is -2.49. The van der Waals surface area contributed by atoms with Crippen molar-refractivity contribution in [3.63, 3.8) is 0 Å². The minimum absolute atomic E-state index is 0. The SMILES string of the molecule is CN1C(=O)COCC2CNCCC21.Cl. The van der Waals surface area contributed by atoms with E-state index in [-0.39, 0.29) is 24.9 Å². The van der Waals surface area contributed by atoms with E-state index >= 15 is 0 Å². The zero-order valence-corrected chi connectivity index (χ0v) is 9.18. The Morgan fingerprint density at radius 2 is 2.36 bits per heavy atom. The molecule has 0 spiro atoms. The van der Waals surface area contributed by atoms with E-state index < -0.39 is 0 Å². The molecular weight excluding hydrogens is 204 g/mol. The van der Waals surface area contributed by atoms with Crippen LogP contribution in [0.25, 0.3) is 0 Å². The first-order valence-electron chi connectivity index (χ1n) is 4.83. The summed E-state index contributed by atoms with van der Waals surface area (Å²) in [6.07, 6.45) is 1.05. The van der Waals surface area contributed by atoms with Crippen LogP contribution in [-0.4, -0.2) is 50.2 Å². The van der Waals surface area contributed by atoms with Gasteiger partial charge in [-0.2, -0.15) is 0 Å². The highest BCUT2D eigenvalue weighted by atomic mass is 35.5.